The van der Waals surface area contributed by atoms with E-state index in [-0.39, 0.29) is 12.5 Å². The van der Waals surface area contributed by atoms with E-state index in [1.165, 1.54) is 0 Å². The number of aromatic nitrogens is 4. The molecule has 1 saturated heterocycles. The fourth-order valence-electron chi connectivity index (χ4n) is 3.17. The molecule has 1 N–H and O–H groups in total. The van der Waals surface area contributed by atoms with Crippen molar-refractivity contribution in [1.29, 1.82) is 0 Å². The second kappa shape index (κ2) is 7.18. The standard InChI is InChI=1S/C17H24N6O2/c1-3-8-23-9-4-14(20-23)16(24)21(2)12-17(25)5-10-22(13-17)15-11-18-6-7-19-15/h4,6-7,9,11,25H,3,5,8,10,12-13H2,1-2H3/t17-/m0/s1. The van der Waals surface area contributed by atoms with Crippen LogP contribution in [0.5, 0.6) is 0 Å². The van der Waals surface area contributed by atoms with E-state index in [1.54, 1.807) is 41.3 Å². The summed E-state index contributed by atoms with van der Waals surface area (Å²) in [5, 5.41) is 15.2. The van der Waals surface area contributed by atoms with Crippen LogP contribution in [0.4, 0.5) is 5.82 Å². The molecule has 1 fully saturated rings. The predicted octanol–water partition coefficient (Wildman–Crippen LogP) is 0.796. The maximum absolute atomic E-state index is 12.5. The highest BCUT2D eigenvalue weighted by atomic mass is 16.3. The van der Waals surface area contributed by atoms with Gasteiger partial charge in [0.15, 0.2) is 0 Å². The van der Waals surface area contributed by atoms with Crippen molar-refractivity contribution in [3.8, 4) is 0 Å². The minimum absolute atomic E-state index is 0.179. The lowest BCUT2D eigenvalue weighted by Crippen LogP contribution is -2.46. The van der Waals surface area contributed by atoms with Crippen LogP contribution in [0.15, 0.2) is 30.9 Å². The van der Waals surface area contributed by atoms with Gasteiger partial charge in [0, 0.05) is 45.3 Å². The fourth-order valence-corrected chi connectivity index (χ4v) is 3.17. The van der Waals surface area contributed by atoms with Gasteiger partial charge in [0.1, 0.15) is 17.1 Å². The zero-order valence-electron chi connectivity index (χ0n) is 14.7. The lowest BCUT2D eigenvalue weighted by Gasteiger charge is -2.28. The smallest absolute Gasteiger partial charge is 0.274 e. The molecule has 3 heterocycles. The number of nitrogens with zero attached hydrogens (tertiary/aromatic N) is 6. The van der Waals surface area contributed by atoms with Gasteiger partial charge in [-0.05, 0) is 18.9 Å². The molecular weight excluding hydrogens is 320 g/mol. The molecule has 25 heavy (non-hydrogen) atoms. The first-order valence-corrected chi connectivity index (χ1v) is 8.53. The van der Waals surface area contributed by atoms with Crippen molar-refractivity contribution in [2.45, 2.75) is 31.9 Å². The molecule has 1 aliphatic rings. The third-order valence-corrected chi connectivity index (χ3v) is 4.40. The van der Waals surface area contributed by atoms with E-state index >= 15 is 0 Å². The van der Waals surface area contributed by atoms with E-state index < -0.39 is 5.60 Å². The maximum atomic E-state index is 12.5. The van der Waals surface area contributed by atoms with Crippen molar-refractivity contribution in [2.24, 2.45) is 0 Å². The lowest BCUT2D eigenvalue weighted by molar-refractivity contribution is 0.0261. The Balaban J connectivity index is 1.61. The van der Waals surface area contributed by atoms with Crippen molar-refractivity contribution in [2.75, 3.05) is 31.6 Å². The van der Waals surface area contributed by atoms with E-state index in [9.17, 15) is 9.90 Å². The van der Waals surface area contributed by atoms with Gasteiger partial charge < -0.3 is 14.9 Å². The number of carbonyl (C=O) groups excluding carboxylic acids is 1. The summed E-state index contributed by atoms with van der Waals surface area (Å²) in [7, 11) is 1.70. The predicted molar refractivity (Wildman–Crippen MR) is 93.3 cm³/mol. The minimum atomic E-state index is -0.964. The quantitative estimate of drug-likeness (QED) is 0.834. The number of likely N-dealkylation sites (N-methyl/N-ethyl adjacent to an activating group) is 1. The highest BCUT2D eigenvalue weighted by Crippen LogP contribution is 2.26. The van der Waals surface area contributed by atoms with E-state index in [1.807, 2.05) is 11.1 Å². The Morgan fingerprint density at radius 1 is 1.44 bits per heavy atom. The first kappa shape index (κ1) is 17.3. The third-order valence-electron chi connectivity index (χ3n) is 4.40. The largest absolute Gasteiger partial charge is 0.386 e. The van der Waals surface area contributed by atoms with Crippen LogP contribution in [0.2, 0.25) is 0 Å². The number of hydrogen-bond donors (Lipinski definition) is 1. The Kier molecular flexibility index (Phi) is 4.98. The van der Waals surface area contributed by atoms with Gasteiger partial charge in [0.05, 0.1) is 12.7 Å². The topological polar surface area (TPSA) is 87.4 Å². The molecule has 0 spiro atoms. The Morgan fingerprint density at radius 3 is 3.00 bits per heavy atom. The number of hydrogen-bond acceptors (Lipinski definition) is 6. The van der Waals surface area contributed by atoms with Crippen molar-refractivity contribution in [3.63, 3.8) is 0 Å². The Labute approximate surface area is 147 Å². The maximum Gasteiger partial charge on any atom is 0.274 e. The number of anilines is 1. The summed E-state index contributed by atoms with van der Waals surface area (Å²) in [6, 6.07) is 1.72. The summed E-state index contributed by atoms with van der Waals surface area (Å²) in [5.74, 6) is 0.562. The number of aryl methyl sites for hydroxylation is 1. The van der Waals surface area contributed by atoms with Crippen molar-refractivity contribution in [1.82, 2.24) is 24.6 Å². The summed E-state index contributed by atoms with van der Waals surface area (Å²) in [6.45, 7) is 4.21. The monoisotopic (exact) mass is 344 g/mol. The molecule has 1 amide bonds. The van der Waals surface area contributed by atoms with E-state index in [0.29, 0.717) is 25.2 Å². The molecule has 0 unspecified atom stereocenters. The van der Waals surface area contributed by atoms with Crippen LogP contribution in [0.25, 0.3) is 0 Å². The van der Waals surface area contributed by atoms with Gasteiger partial charge in [0.2, 0.25) is 0 Å². The van der Waals surface area contributed by atoms with Crippen LogP contribution in [-0.4, -0.2) is 67.9 Å². The zero-order valence-corrected chi connectivity index (χ0v) is 14.7. The minimum Gasteiger partial charge on any atom is -0.386 e. The van der Waals surface area contributed by atoms with Crippen LogP contribution in [0.1, 0.15) is 30.3 Å². The Bertz CT molecular complexity index is 719. The van der Waals surface area contributed by atoms with Crippen LogP contribution in [0.3, 0.4) is 0 Å². The molecular formula is C17H24N6O2. The molecule has 0 radical (unpaired) electrons. The van der Waals surface area contributed by atoms with Gasteiger partial charge in [-0.2, -0.15) is 5.10 Å². The van der Waals surface area contributed by atoms with Gasteiger partial charge in [0.25, 0.3) is 5.91 Å². The summed E-state index contributed by atoms with van der Waals surface area (Å²) in [6.07, 6.45) is 8.28. The average molecular weight is 344 g/mol. The highest BCUT2D eigenvalue weighted by molar-refractivity contribution is 5.92. The van der Waals surface area contributed by atoms with Crippen molar-refractivity contribution < 1.29 is 9.90 Å². The van der Waals surface area contributed by atoms with E-state index in [4.69, 9.17) is 0 Å². The van der Waals surface area contributed by atoms with Crippen molar-refractivity contribution >= 4 is 11.7 Å². The molecule has 0 bridgehead atoms. The SMILES string of the molecule is CCCn1ccc(C(=O)N(C)C[C@@]2(O)CCN(c3cnccn3)C2)n1. The molecule has 3 rings (SSSR count). The van der Waals surface area contributed by atoms with Crippen LogP contribution in [0, 0.1) is 0 Å². The van der Waals surface area contributed by atoms with E-state index in [2.05, 4.69) is 22.0 Å². The average Bonchev–Trinajstić information content (AvgIpc) is 3.22. The van der Waals surface area contributed by atoms with Gasteiger partial charge >= 0.3 is 0 Å². The van der Waals surface area contributed by atoms with Gasteiger partial charge in [-0.1, -0.05) is 6.92 Å². The van der Waals surface area contributed by atoms with E-state index in [0.717, 1.165) is 18.8 Å². The number of carbonyl (C=O) groups is 1. The summed E-state index contributed by atoms with van der Waals surface area (Å²) >= 11 is 0. The molecule has 1 atom stereocenters. The Hall–Kier alpha value is -2.48. The van der Waals surface area contributed by atoms with Crippen LogP contribution < -0.4 is 4.90 Å². The second-order valence-electron chi connectivity index (χ2n) is 6.58. The zero-order chi connectivity index (χ0) is 17.9. The number of rotatable bonds is 6. The molecule has 134 valence electrons. The first-order valence-electron chi connectivity index (χ1n) is 8.53. The van der Waals surface area contributed by atoms with Crippen LogP contribution in [-0.2, 0) is 6.54 Å². The number of aliphatic hydroxyl groups is 1. The molecule has 0 saturated carbocycles. The molecule has 8 nitrogen and oxygen atoms in total. The molecule has 1 aliphatic heterocycles. The van der Waals surface area contributed by atoms with Gasteiger partial charge in [-0.3, -0.25) is 14.5 Å². The molecule has 0 aliphatic carbocycles. The summed E-state index contributed by atoms with van der Waals surface area (Å²) in [4.78, 5) is 24.4. The van der Waals surface area contributed by atoms with Gasteiger partial charge in [-0.25, -0.2) is 4.98 Å². The normalized spacial score (nSPS) is 20.0. The Morgan fingerprint density at radius 2 is 2.28 bits per heavy atom. The van der Waals surface area contributed by atoms with Gasteiger partial charge in [-0.15, -0.1) is 0 Å². The molecule has 2 aromatic rings. The molecule has 2 aromatic heterocycles. The number of β-amino-alcohol motifs (C(OH)–C–C–N with tert-alkyl or cyclic N) is 1. The second-order valence-corrected chi connectivity index (χ2v) is 6.58. The number of amides is 1. The lowest BCUT2D eigenvalue weighted by atomic mass is 10.0. The molecule has 0 aromatic carbocycles. The van der Waals surface area contributed by atoms with Crippen molar-refractivity contribution in [3.05, 3.63) is 36.5 Å². The van der Waals surface area contributed by atoms with Crippen LogP contribution >= 0.6 is 0 Å². The molecule has 8 heteroatoms. The fraction of sp³-hybridized carbons (Fsp3) is 0.529. The summed E-state index contributed by atoms with van der Waals surface area (Å²) < 4.78 is 1.77. The third kappa shape index (κ3) is 3.96. The first-order chi connectivity index (χ1) is 12.0. The highest BCUT2D eigenvalue weighted by Gasteiger charge is 2.38. The summed E-state index contributed by atoms with van der Waals surface area (Å²) in [5.41, 5.74) is -0.559.